The Morgan fingerprint density at radius 3 is 1.06 bits per heavy atom. The second-order valence-corrected chi connectivity index (χ2v) is 53.3. The lowest BCUT2D eigenvalue weighted by atomic mass is 10.1. The Labute approximate surface area is 760 Å². The van der Waals surface area contributed by atoms with E-state index in [2.05, 4.69) is 39.4 Å². The van der Waals surface area contributed by atoms with Gasteiger partial charge in [-0.1, -0.05) is 0 Å². The lowest BCUT2D eigenvalue weighted by molar-refractivity contribution is -0.199. The van der Waals surface area contributed by atoms with Gasteiger partial charge in [0.25, 0.3) is 23.6 Å². The van der Waals surface area contributed by atoms with Crippen LogP contribution in [0.2, 0.25) is 0 Å². The number of nitrogens with zero attached hydrogens (tertiary/aromatic N) is 8. The van der Waals surface area contributed by atoms with Gasteiger partial charge in [-0.3, -0.25) is 65.1 Å². The van der Waals surface area contributed by atoms with Gasteiger partial charge >= 0.3 is 61.1 Å². The number of halogens is 2. The summed E-state index contributed by atoms with van der Waals surface area (Å²) in [6, 6.07) is 0. The van der Waals surface area contributed by atoms with Crippen LogP contribution in [0.25, 0.3) is 11.2 Å². The van der Waals surface area contributed by atoms with Gasteiger partial charge in [0.15, 0.2) is 70.8 Å². The van der Waals surface area contributed by atoms with Crippen molar-refractivity contribution in [1.29, 1.82) is 0 Å². The quantitative estimate of drug-likeness (QED) is 0.0232. The second-order valence-electron chi connectivity index (χ2n) is 33.2. The fraction of sp³-hybridized carbons (Fsp3) is 0.677. The molecule has 732 valence electrons. The monoisotopic (exact) mass is 2110 g/mol. The summed E-state index contributed by atoms with van der Waals surface area (Å²) in [7, 11) is -37.3. The Balaban J connectivity index is 0.000000155. The van der Waals surface area contributed by atoms with Gasteiger partial charge in [-0.2, -0.15) is 0 Å². The molecule has 18 rings (SSSR count). The zero-order valence-electron chi connectivity index (χ0n) is 70.3. The number of primary amides is 4. The highest BCUT2D eigenvalue weighted by Gasteiger charge is 2.67. The highest BCUT2D eigenvalue weighted by Crippen LogP contribution is 2.91. The average molecular weight is 2110 g/mol. The van der Waals surface area contributed by atoms with Crippen LogP contribution in [0.3, 0.4) is 0 Å². The van der Waals surface area contributed by atoms with Crippen molar-refractivity contribution in [3.8, 4) is 0 Å². The molecule has 12 aliphatic heterocycles. The van der Waals surface area contributed by atoms with E-state index in [1.807, 2.05) is 0 Å². The Bertz CT molecular complexity index is 5640. The van der Waals surface area contributed by atoms with Crippen molar-refractivity contribution in [3.05, 3.63) is 77.0 Å². The lowest BCUT2D eigenvalue weighted by Crippen LogP contribution is -2.33. The van der Waals surface area contributed by atoms with Crippen LogP contribution in [0.1, 0.15) is 162 Å². The summed E-state index contributed by atoms with van der Waals surface area (Å²) < 4.78 is 258. The molecule has 6 aromatic rings. The first-order valence-electron chi connectivity index (χ1n) is 39.2. The first-order valence-corrected chi connectivity index (χ1v) is 56.4. The molecule has 6 aromatic heterocycles. The number of ether oxygens (including phenoxy) is 15. The number of anilines is 1. The minimum Gasteiger partial charge on any atom is -0.382 e. The van der Waals surface area contributed by atoms with Crippen LogP contribution >= 0.6 is 106 Å². The minimum atomic E-state index is -5.14. The van der Waals surface area contributed by atoms with Crippen LogP contribution in [-0.4, -0.2) is 265 Å². The number of alkyl halides is 1. The van der Waals surface area contributed by atoms with E-state index in [1.165, 1.54) is 34.2 Å². The summed E-state index contributed by atoms with van der Waals surface area (Å²) >= 11 is 4.54. The van der Waals surface area contributed by atoms with Crippen molar-refractivity contribution in [3.63, 3.8) is 0 Å². The van der Waals surface area contributed by atoms with E-state index in [9.17, 15) is 74.1 Å². The zero-order chi connectivity index (χ0) is 95.9. The molecule has 53 nitrogen and oxygen atoms in total. The molecule has 12 fully saturated rings. The van der Waals surface area contributed by atoms with Gasteiger partial charge < -0.3 is 137 Å². The van der Waals surface area contributed by atoms with E-state index in [-0.39, 0.29) is 28.6 Å². The van der Waals surface area contributed by atoms with Gasteiger partial charge in [0, 0.05) is 21.5 Å². The fourth-order valence-electron chi connectivity index (χ4n) is 15.8. The fourth-order valence-corrected chi connectivity index (χ4v) is 37.4. The van der Waals surface area contributed by atoms with Crippen LogP contribution in [-0.2, 0) is 143 Å². The van der Waals surface area contributed by atoms with Crippen LogP contribution < -0.4 is 28.7 Å². The van der Waals surface area contributed by atoms with E-state index in [0.717, 1.165) is 45.3 Å². The highest BCUT2D eigenvalue weighted by molar-refractivity contribution is 7.91. The molecule has 15 N–H and O–H groups in total. The zero-order valence-corrected chi connectivity index (χ0v) is 80.8. The molecule has 0 aliphatic carbocycles. The summed E-state index contributed by atoms with van der Waals surface area (Å²) in [5.74, 6) is -11.0. The number of carbonyl (C=O) groups is 4. The molecule has 0 spiro atoms. The first kappa shape index (κ1) is 102. The van der Waals surface area contributed by atoms with Gasteiger partial charge in [0.05, 0.1) is 39.4 Å². The minimum absolute atomic E-state index is 0.0372. The maximum absolute atomic E-state index is 13.9. The predicted molar refractivity (Wildman–Crippen MR) is 442 cm³/mol. The van der Waals surface area contributed by atoms with Gasteiger partial charge in [0.2, 0.25) is 0 Å². The number of aromatic nitrogens is 8. The molecular weight excluding hydrogens is 2020 g/mol. The Hall–Kier alpha value is -4.67. The van der Waals surface area contributed by atoms with Crippen LogP contribution in [0, 0.1) is 0 Å². The third-order valence-corrected chi connectivity index (χ3v) is 41.5. The predicted octanol–water partition coefficient (Wildman–Crippen LogP) is 7.00. The Morgan fingerprint density at radius 2 is 0.750 bits per heavy atom. The average Bonchev–Trinajstić information content (AvgIpc) is 1.29. The smallest absolute Gasteiger partial charge is 0.382 e. The number of hydrogen-bond donors (Lipinski definition) is 10. The topological polar surface area (TPSA) is 744 Å². The summed E-state index contributed by atoms with van der Waals surface area (Å²) in [5.41, 5.74) is 28.1. The molecule has 2 bridgehead atoms. The largest absolute Gasteiger partial charge is 0.510 e. The van der Waals surface area contributed by atoms with Gasteiger partial charge in [-0.15, -0.1) is 49.5 Å². The number of carbonyl (C=O) groups excluding carboxylic acids is 4. The van der Waals surface area contributed by atoms with Crippen molar-refractivity contribution in [2.45, 2.75) is 220 Å². The van der Waals surface area contributed by atoms with E-state index in [1.54, 1.807) is 73.8 Å². The Kier molecular flexibility index (Phi) is 28.8. The van der Waals surface area contributed by atoms with Crippen LogP contribution in [0.15, 0.2) is 34.2 Å². The third-order valence-electron chi connectivity index (χ3n) is 20.6. The molecule has 12 saturated heterocycles. The molecule has 0 saturated carbocycles. The van der Waals surface area contributed by atoms with Crippen molar-refractivity contribution in [2.75, 3.05) is 62.9 Å². The van der Waals surface area contributed by atoms with E-state index in [4.69, 9.17) is 145 Å². The van der Waals surface area contributed by atoms with Crippen molar-refractivity contribution >= 4 is 147 Å². The molecular formula is C65H89F2N13O40P8S4. The molecule has 18 heterocycles. The van der Waals surface area contributed by atoms with Crippen molar-refractivity contribution in [1.82, 2.24) is 39.5 Å². The SMILES string of the molecule is CC1(C)OC2[C@@H](O1)[C@@H](COP(=O)(O)CP(=O)(O)OC[C@H]1O[C@@H](c3nc(C(N)=O)cs3)C3OC(C)(C)O[C@H]31)O[C@H]2n1cnc2c(N)ncnc21.CC1(C)OC2[C@@H](O1)[C@@H](COP(=O)(O)F)O[C@H]2c1nc(C(N)=O)cs1.CC1(C)OC2[C@@H](O1)[C@@H](COP1(=O)CP3(=O)OP(=O)(OC[C@H]4O[C@@H](c5nc(C(N)=O)cs5)C5OC(C)(C)O[C@H]54)CP(=O)(O1)O3)O[C@H]2c1nc(C(N)=O)cs1.O=P(O)(O)CF. The number of nitrogens with two attached hydrogens (primary N) is 5. The summed E-state index contributed by atoms with van der Waals surface area (Å²) in [4.78, 5) is 120. The maximum Gasteiger partial charge on any atom is 0.510 e. The molecule has 67 heteroatoms. The van der Waals surface area contributed by atoms with Gasteiger partial charge in [-0.25, -0.2) is 56.8 Å². The second kappa shape index (κ2) is 37.4. The number of fused-ring (bicyclic) bond motifs is 8. The summed E-state index contributed by atoms with van der Waals surface area (Å²) in [5, 5.41) is 7.51. The maximum atomic E-state index is 13.9. The van der Waals surface area contributed by atoms with E-state index >= 15 is 0 Å². The Morgan fingerprint density at radius 1 is 0.455 bits per heavy atom. The lowest BCUT2D eigenvalue weighted by Gasteiger charge is -2.39. The van der Waals surface area contributed by atoms with Crippen LogP contribution in [0.4, 0.5) is 14.4 Å². The number of hydrogen-bond acceptors (Lipinski definition) is 47. The first-order chi connectivity index (χ1) is 61.2. The summed E-state index contributed by atoms with van der Waals surface area (Å²) in [6.07, 6.45) is -14.4. The third kappa shape index (κ3) is 23.1. The standard InChI is InChI=1S/C26H35N7O13P2S.C26H34N4O17P4S2.C12H16FN2O7PS.CH4FO3P/c1-25(2)43-15-12(41-18(17(15)45-25)23-32-11(7-49-23)21(28)34)5-39-47(35,36)10-48(37,38)40-6-13-16-19(46-26(3,4)44-16)24(42-13)33-9-31-14-20(27)29-8-30-22(14)33;1-25(2)41-15-13(39-19(17(15)43-25)23-29-11(7-52-23)21(27)31)5-37-48(33)9-50(35)46-49(34,10-51(36,45-48)47-50)38-6-14-16-18(44-26(3,4)42-16)20(40-14)24-30-12(8-53-24)22(28)32;1-12(2)21-7-6(3-19-23(13,17)18)20-9(8(7)22-12)11-15-5(4-24-11)10(14)16;2-1-6(3,4)5/h7-9,12-13,15-19,24H,5-6,10H2,1-4H3,(H2,28,34)(H,35,36)(H,37,38)(H2,27,29,30);7-8,13-20H,5-6,9-10H2,1-4H3,(H2,27,31)(H2,28,32);4,6-9H,3H2,1-2H3,(H2,14,16)(H,17,18);1H2,(H2,3,4,5)/t12-,13-,15+,16+,17?,18-,19?,24-;13-,14-,15+,16+,17?,18?,19-,20-,48?,49?,50?,51?;6-,7+,8?,9-;/m111./s1. The number of rotatable bonds is 27. The molecule has 132 heavy (non-hydrogen) atoms. The molecule has 0 aromatic carbocycles. The molecule has 4 amide bonds. The highest BCUT2D eigenvalue weighted by atomic mass is 32.1. The van der Waals surface area contributed by atoms with Crippen molar-refractivity contribution in [2.24, 2.45) is 22.9 Å². The van der Waals surface area contributed by atoms with E-state index in [0.29, 0.717) is 31.2 Å². The summed E-state index contributed by atoms with van der Waals surface area (Å²) in [6.45, 7) is 14.5. The van der Waals surface area contributed by atoms with Gasteiger partial charge in [0.1, 0.15) is 171 Å². The van der Waals surface area contributed by atoms with Crippen LogP contribution in [0.5, 0.6) is 0 Å². The number of amides is 4. The number of nitrogen functional groups attached to an aromatic ring is 1. The molecule has 12 unspecified atom stereocenters. The molecule has 27 atom stereocenters. The molecule has 12 aliphatic rings. The number of thiazole rings is 4. The number of imidazole rings is 1. The molecule has 0 radical (unpaired) electrons. The van der Waals surface area contributed by atoms with Crippen molar-refractivity contribution < 1.29 is 195 Å². The normalized spacial score (nSPS) is 36.9. The van der Waals surface area contributed by atoms with E-state index < -0.39 is 293 Å². The van der Waals surface area contributed by atoms with Gasteiger partial charge in [-0.05, 0) is 69.2 Å².